The number of rotatable bonds is 8. The van der Waals surface area contributed by atoms with Crippen molar-refractivity contribution in [2.24, 2.45) is 0 Å². The van der Waals surface area contributed by atoms with E-state index in [0.717, 1.165) is 61.3 Å². The van der Waals surface area contributed by atoms with Crippen molar-refractivity contribution < 1.29 is 14.7 Å². The number of carboxylic acids is 1. The highest BCUT2D eigenvalue weighted by atomic mass is 35.5. The number of aliphatic carboxylic acids is 1. The van der Waals surface area contributed by atoms with Gasteiger partial charge in [0.15, 0.2) is 0 Å². The Labute approximate surface area is 201 Å². The predicted molar refractivity (Wildman–Crippen MR) is 132 cm³/mol. The Hall–Kier alpha value is -2.86. The maximum atomic E-state index is 12.4. The SMILES string of the molecule is Cl.O=C(O)CC1CC(CNC(=O)CCCc2ccc3c(n2)NCCC3)=CCc2ccccc21. The zero-order chi connectivity index (χ0) is 22.3. The van der Waals surface area contributed by atoms with Crippen LogP contribution in [0.25, 0.3) is 0 Å². The van der Waals surface area contributed by atoms with E-state index in [1.807, 2.05) is 18.2 Å². The first-order valence-corrected chi connectivity index (χ1v) is 11.6. The van der Waals surface area contributed by atoms with Gasteiger partial charge in [0.2, 0.25) is 5.91 Å². The van der Waals surface area contributed by atoms with Gasteiger partial charge in [0.25, 0.3) is 0 Å². The van der Waals surface area contributed by atoms with Gasteiger partial charge in [-0.15, -0.1) is 12.4 Å². The molecule has 176 valence electrons. The molecule has 1 aromatic carbocycles. The molecule has 0 fully saturated rings. The summed E-state index contributed by atoms with van der Waals surface area (Å²) in [5.74, 6) is 0.174. The molecule has 1 amide bonds. The quantitative estimate of drug-likeness (QED) is 0.497. The summed E-state index contributed by atoms with van der Waals surface area (Å²) in [5.41, 5.74) is 5.68. The number of hydrogen-bond donors (Lipinski definition) is 3. The van der Waals surface area contributed by atoms with Gasteiger partial charge in [-0.1, -0.05) is 42.0 Å². The molecule has 1 aliphatic heterocycles. The molecule has 4 rings (SSSR count). The number of anilines is 1. The second-order valence-corrected chi connectivity index (χ2v) is 8.74. The van der Waals surface area contributed by atoms with E-state index in [1.165, 1.54) is 11.1 Å². The third-order valence-electron chi connectivity index (χ3n) is 6.34. The Morgan fingerprint density at radius 3 is 2.85 bits per heavy atom. The van der Waals surface area contributed by atoms with E-state index in [0.29, 0.717) is 19.4 Å². The lowest BCUT2D eigenvalue weighted by Crippen LogP contribution is -2.26. The fourth-order valence-electron chi connectivity index (χ4n) is 4.66. The Kier molecular flexibility index (Phi) is 8.89. The second-order valence-electron chi connectivity index (χ2n) is 8.74. The van der Waals surface area contributed by atoms with Crippen LogP contribution in [0.15, 0.2) is 48.0 Å². The van der Waals surface area contributed by atoms with E-state index in [1.54, 1.807) is 0 Å². The van der Waals surface area contributed by atoms with Crippen molar-refractivity contribution in [3.63, 3.8) is 0 Å². The number of benzene rings is 1. The highest BCUT2D eigenvalue weighted by molar-refractivity contribution is 5.85. The Balaban J connectivity index is 0.00000306. The summed E-state index contributed by atoms with van der Waals surface area (Å²) in [5, 5.41) is 15.7. The Morgan fingerprint density at radius 1 is 1.15 bits per heavy atom. The van der Waals surface area contributed by atoms with Crippen LogP contribution >= 0.6 is 12.4 Å². The number of carboxylic acid groups (broad SMARTS) is 1. The topological polar surface area (TPSA) is 91.3 Å². The smallest absolute Gasteiger partial charge is 0.303 e. The van der Waals surface area contributed by atoms with Crippen LogP contribution < -0.4 is 10.6 Å². The Morgan fingerprint density at radius 2 is 2.00 bits per heavy atom. The van der Waals surface area contributed by atoms with Crippen LogP contribution in [0, 0.1) is 0 Å². The van der Waals surface area contributed by atoms with Crippen LogP contribution in [0.5, 0.6) is 0 Å². The van der Waals surface area contributed by atoms with E-state index >= 15 is 0 Å². The van der Waals surface area contributed by atoms with E-state index in [-0.39, 0.29) is 30.7 Å². The van der Waals surface area contributed by atoms with E-state index in [4.69, 9.17) is 4.98 Å². The minimum absolute atomic E-state index is 0. The van der Waals surface area contributed by atoms with Crippen molar-refractivity contribution in [3.8, 4) is 0 Å². The first kappa shape index (κ1) is 24.8. The third kappa shape index (κ3) is 6.81. The molecule has 0 bridgehead atoms. The number of allylic oxidation sites excluding steroid dienone is 1. The van der Waals surface area contributed by atoms with Crippen LogP contribution in [0.2, 0.25) is 0 Å². The van der Waals surface area contributed by atoms with E-state index in [2.05, 4.69) is 34.9 Å². The molecule has 0 saturated carbocycles. The maximum absolute atomic E-state index is 12.4. The molecule has 0 spiro atoms. The molecule has 1 unspecified atom stereocenters. The third-order valence-corrected chi connectivity index (χ3v) is 6.34. The summed E-state index contributed by atoms with van der Waals surface area (Å²) in [4.78, 5) is 28.5. The highest BCUT2D eigenvalue weighted by Gasteiger charge is 2.22. The molecule has 6 nitrogen and oxygen atoms in total. The number of nitrogens with zero attached hydrogens (tertiary/aromatic N) is 1. The first-order chi connectivity index (χ1) is 15.6. The molecule has 1 aliphatic carbocycles. The zero-order valence-corrected chi connectivity index (χ0v) is 19.6. The predicted octanol–water partition coefficient (Wildman–Crippen LogP) is 4.43. The summed E-state index contributed by atoms with van der Waals surface area (Å²) in [6.07, 6.45) is 7.89. The molecule has 2 aromatic rings. The van der Waals surface area contributed by atoms with E-state index in [9.17, 15) is 14.7 Å². The number of hydrogen-bond acceptors (Lipinski definition) is 4. The van der Waals surface area contributed by atoms with Gasteiger partial charge in [-0.05, 0) is 67.2 Å². The molecule has 7 heteroatoms. The molecule has 33 heavy (non-hydrogen) atoms. The number of aromatic nitrogens is 1. The van der Waals surface area contributed by atoms with Gasteiger partial charge in [0, 0.05) is 25.2 Å². The average molecular weight is 470 g/mol. The van der Waals surface area contributed by atoms with Crippen molar-refractivity contribution in [3.05, 3.63) is 70.4 Å². The van der Waals surface area contributed by atoms with Crippen LogP contribution in [0.3, 0.4) is 0 Å². The molecule has 2 aliphatic rings. The number of nitrogens with one attached hydrogen (secondary N) is 2. The molecule has 3 N–H and O–H groups in total. The Bertz CT molecular complexity index is 1020. The average Bonchev–Trinajstić information content (AvgIpc) is 2.97. The van der Waals surface area contributed by atoms with Crippen LogP contribution in [0.4, 0.5) is 5.82 Å². The number of amides is 1. The van der Waals surface area contributed by atoms with Crippen LogP contribution in [0.1, 0.15) is 60.4 Å². The number of carbonyl (C=O) groups is 2. The largest absolute Gasteiger partial charge is 0.481 e. The lowest BCUT2D eigenvalue weighted by Gasteiger charge is -2.18. The molecular weight excluding hydrogens is 438 g/mol. The lowest BCUT2D eigenvalue weighted by atomic mass is 9.88. The summed E-state index contributed by atoms with van der Waals surface area (Å²) < 4.78 is 0. The van der Waals surface area contributed by atoms with Crippen molar-refractivity contribution >= 4 is 30.1 Å². The number of aryl methyl sites for hydroxylation is 2. The van der Waals surface area contributed by atoms with Gasteiger partial charge in [-0.2, -0.15) is 0 Å². The van der Waals surface area contributed by atoms with Crippen molar-refractivity contribution in [2.45, 2.75) is 57.3 Å². The van der Waals surface area contributed by atoms with Crippen LogP contribution in [-0.4, -0.2) is 35.1 Å². The number of carbonyl (C=O) groups excluding carboxylic acids is 1. The summed E-state index contributed by atoms with van der Waals surface area (Å²) in [7, 11) is 0. The molecule has 2 heterocycles. The minimum Gasteiger partial charge on any atom is -0.481 e. The standard InChI is InChI=1S/C26H31N3O3.ClH/c30-24(9-3-7-22-13-12-20-6-4-14-27-26(20)29-22)28-17-18-10-11-19-5-1-2-8-23(19)21(15-18)16-25(31)32;/h1-2,5,8,10,12-13,21H,3-4,6-7,9,11,14-17H2,(H,27,29)(H,28,30)(H,31,32);1H. The van der Waals surface area contributed by atoms with Gasteiger partial charge in [-0.3, -0.25) is 9.59 Å². The van der Waals surface area contributed by atoms with Crippen molar-refractivity contribution in [1.29, 1.82) is 0 Å². The number of pyridine rings is 1. The molecule has 1 aromatic heterocycles. The number of halogens is 1. The summed E-state index contributed by atoms with van der Waals surface area (Å²) >= 11 is 0. The van der Waals surface area contributed by atoms with Gasteiger partial charge in [0.1, 0.15) is 5.82 Å². The normalized spacial score (nSPS) is 16.7. The van der Waals surface area contributed by atoms with Gasteiger partial charge >= 0.3 is 5.97 Å². The van der Waals surface area contributed by atoms with E-state index < -0.39 is 5.97 Å². The minimum atomic E-state index is -0.791. The summed E-state index contributed by atoms with van der Waals surface area (Å²) in [6.45, 7) is 1.45. The fourth-order valence-corrected chi connectivity index (χ4v) is 4.66. The molecular formula is C26H32ClN3O3. The van der Waals surface area contributed by atoms with Crippen molar-refractivity contribution in [2.75, 3.05) is 18.4 Å². The van der Waals surface area contributed by atoms with Gasteiger partial charge in [0.05, 0.1) is 6.42 Å². The molecule has 0 saturated heterocycles. The molecule has 1 atom stereocenters. The maximum Gasteiger partial charge on any atom is 0.303 e. The first-order valence-electron chi connectivity index (χ1n) is 11.6. The van der Waals surface area contributed by atoms with Gasteiger partial charge < -0.3 is 15.7 Å². The fraction of sp³-hybridized carbons (Fsp3) is 0.423. The second kappa shape index (κ2) is 11.8. The zero-order valence-electron chi connectivity index (χ0n) is 18.8. The summed E-state index contributed by atoms with van der Waals surface area (Å²) in [6, 6.07) is 12.3. The molecule has 0 radical (unpaired) electrons. The highest BCUT2D eigenvalue weighted by Crippen LogP contribution is 2.33. The van der Waals surface area contributed by atoms with Gasteiger partial charge in [-0.25, -0.2) is 4.98 Å². The monoisotopic (exact) mass is 469 g/mol. The van der Waals surface area contributed by atoms with Crippen LogP contribution in [-0.2, 0) is 28.9 Å². The number of fused-ring (bicyclic) bond motifs is 2. The lowest BCUT2D eigenvalue weighted by molar-refractivity contribution is -0.137. The van der Waals surface area contributed by atoms with Crippen molar-refractivity contribution in [1.82, 2.24) is 10.3 Å².